The molecule has 4 rings (SSSR count). The Bertz CT molecular complexity index is 1170. The van der Waals surface area contributed by atoms with Crippen LogP contribution < -0.4 is 15.8 Å². The second-order valence-electron chi connectivity index (χ2n) is 7.64. The van der Waals surface area contributed by atoms with Gasteiger partial charge in [-0.3, -0.25) is 14.5 Å². The van der Waals surface area contributed by atoms with Gasteiger partial charge in [-0.25, -0.2) is 19.4 Å². The summed E-state index contributed by atoms with van der Waals surface area (Å²) in [6.45, 7) is -0.750. The van der Waals surface area contributed by atoms with Crippen molar-refractivity contribution in [2.75, 3.05) is 26.1 Å². The molecule has 2 amide bonds. The number of guanidine groups is 1. The van der Waals surface area contributed by atoms with Crippen LogP contribution in [0.1, 0.15) is 16.1 Å². The molecule has 10 nitrogen and oxygen atoms in total. The zero-order chi connectivity index (χ0) is 24.8. The molecule has 14 heteroatoms. The molecule has 0 aliphatic carbocycles. The molecule has 180 valence electrons. The lowest BCUT2D eigenvalue weighted by atomic mass is 9.76. The number of nitrogens with two attached hydrogens (primary N) is 1. The van der Waals surface area contributed by atoms with Gasteiger partial charge in [-0.05, 0) is 18.2 Å². The summed E-state index contributed by atoms with van der Waals surface area (Å²) in [4.78, 5) is 37.9. The number of aliphatic imine (C=N–C) groups is 1. The van der Waals surface area contributed by atoms with E-state index < -0.39 is 53.9 Å². The molecule has 3 atom stereocenters. The molecule has 34 heavy (non-hydrogen) atoms. The first kappa shape index (κ1) is 23.4. The number of hydrogen-bond donors (Lipinski definition) is 2. The minimum atomic E-state index is -4.92. The Hall–Kier alpha value is -3.81. The molecule has 1 aromatic heterocycles. The molecular weight excluding hydrogens is 464 g/mol. The highest BCUT2D eigenvalue weighted by molar-refractivity contribution is 6.03. The van der Waals surface area contributed by atoms with Gasteiger partial charge < -0.3 is 20.5 Å². The molecule has 0 saturated carbocycles. The molecule has 3 N–H and O–H groups in total. The first-order valence-electron chi connectivity index (χ1n) is 9.76. The standard InChI is InChI=1S/C20H18F4N6O4/c1-30-17(32)14-15(20(22,23)24)34-8-19(14,29-18(30)25)10-5-9(3-4-11(10)21)28-16(31)12-6-27-13(33-2)7-26-12/h3-7,14-15H,8H2,1-2H3,(H2,25,29)(H,28,31). The lowest BCUT2D eigenvalue weighted by molar-refractivity contribution is -0.218. The molecule has 2 aliphatic rings. The molecule has 2 aliphatic heterocycles. The molecule has 2 aromatic rings. The minimum Gasteiger partial charge on any atom is -0.480 e. The maximum absolute atomic E-state index is 15.0. The number of alkyl halides is 3. The van der Waals surface area contributed by atoms with Crippen LogP contribution in [-0.4, -0.2) is 65.7 Å². The third-order valence-corrected chi connectivity index (χ3v) is 5.64. The first-order valence-corrected chi connectivity index (χ1v) is 9.76. The van der Waals surface area contributed by atoms with Crippen LogP contribution in [0.5, 0.6) is 5.88 Å². The lowest BCUT2D eigenvalue weighted by Crippen LogP contribution is -2.57. The van der Waals surface area contributed by atoms with Crippen LogP contribution in [0.3, 0.4) is 0 Å². The van der Waals surface area contributed by atoms with Crippen LogP contribution in [0.25, 0.3) is 0 Å². The number of anilines is 1. The molecule has 3 unspecified atom stereocenters. The number of nitrogens with one attached hydrogen (secondary N) is 1. The van der Waals surface area contributed by atoms with Crippen LogP contribution in [0.15, 0.2) is 35.6 Å². The van der Waals surface area contributed by atoms with Gasteiger partial charge in [0.05, 0.1) is 26.1 Å². The van der Waals surface area contributed by atoms with Crippen LogP contribution in [0.4, 0.5) is 23.2 Å². The Balaban J connectivity index is 1.74. The van der Waals surface area contributed by atoms with Crippen molar-refractivity contribution in [2.45, 2.75) is 17.8 Å². The zero-order valence-corrected chi connectivity index (χ0v) is 17.8. The molecular formula is C20H18F4N6O4. The number of ether oxygens (including phenoxy) is 2. The number of carbonyl (C=O) groups excluding carboxylic acids is 2. The largest absolute Gasteiger partial charge is 0.480 e. The highest BCUT2D eigenvalue weighted by Crippen LogP contribution is 2.51. The first-order chi connectivity index (χ1) is 16.0. The molecule has 3 heterocycles. The average molecular weight is 482 g/mol. The number of benzene rings is 1. The van der Waals surface area contributed by atoms with Crippen LogP contribution in [-0.2, 0) is 15.1 Å². The van der Waals surface area contributed by atoms with E-state index in [0.29, 0.717) is 0 Å². The Morgan fingerprint density at radius 2 is 2.06 bits per heavy atom. The van der Waals surface area contributed by atoms with Gasteiger partial charge in [-0.2, -0.15) is 13.2 Å². The number of carbonyl (C=O) groups is 2. The van der Waals surface area contributed by atoms with Crippen molar-refractivity contribution in [2.24, 2.45) is 16.6 Å². The van der Waals surface area contributed by atoms with Crippen molar-refractivity contribution in [3.63, 3.8) is 0 Å². The third-order valence-electron chi connectivity index (χ3n) is 5.64. The number of aromatic nitrogens is 2. The number of rotatable bonds is 4. The average Bonchev–Trinajstić information content (AvgIpc) is 3.19. The van der Waals surface area contributed by atoms with Crippen molar-refractivity contribution in [3.8, 4) is 5.88 Å². The number of halogens is 4. The second-order valence-corrected chi connectivity index (χ2v) is 7.64. The number of hydrogen-bond acceptors (Lipinski definition) is 8. The summed E-state index contributed by atoms with van der Waals surface area (Å²) in [5.41, 5.74) is 3.22. The van der Waals surface area contributed by atoms with Gasteiger partial charge in [0.2, 0.25) is 11.8 Å². The summed E-state index contributed by atoms with van der Waals surface area (Å²) in [5.74, 6) is -4.83. The molecule has 1 aromatic carbocycles. The summed E-state index contributed by atoms with van der Waals surface area (Å²) < 4.78 is 65.8. The topological polar surface area (TPSA) is 132 Å². The Labute approximate surface area is 189 Å². The van der Waals surface area contributed by atoms with E-state index in [1.165, 1.54) is 26.4 Å². The van der Waals surface area contributed by atoms with E-state index in [2.05, 4.69) is 20.3 Å². The van der Waals surface area contributed by atoms with E-state index >= 15 is 0 Å². The zero-order valence-electron chi connectivity index (χ0n) is 17.8. The van der Waals surface area contributed by atoms with Crippen molar-refractivity contribution in [3.05, 3.63) is 47.7 Å². The van der Waals surface area contributed by atoms with Gasteiger partial charge in [0.15, 0.2) is 12.1 Å². The fourth-order valence-corrected chi connectivity index (χ4v) is 3.95. The third kappa shape index (κ3) is 3.79. The van der Waals surface area contributed by atoms with E-state index in [0.717, 1.165) is 23.2 Å². The highest BCUT2D eigenvalue weighted by Gasteiger charge is 2.66. The molecule has 1 fully saturated rings. The van der Waals surface area contributed by atoms with Gasteiger partial charge in [0.1, 0.15) is 23.0 Å². The number of nitrogens with zero attached hydrogens (tertiary/aromatic N) is 4. The van der Waals surface area contributed by atoms with E-state index in [1.54, 1.807) is 0 Å². The smallest absolute Gasteiger partial charge is 0.415 e. The predicted octanol–water partition coefficient (Wildman–Crippen LogP) is 1.44. The van der Waals surface area contributed by atoms with Crippen molar-refractivity contribution >= 4 is 23.5 Å². The number of methoxy groups -OCH3 is 1. The van der Waals surface area contributed by atoms with Gasteiger partial charge in [0, 0.05) is 18.3 Å². The Morgan fingerprint density at radius 1 is 1.32 bits per heavy atom. The van der Waals surface area contributed by atoms with Crippen LogP contribution in [0.2, 0.25) is 0 Å². The Kier molecular flexibility index (Phi) is 5.63. The van der Waals surface area contributed by atoms with Gasteiger partial charge in [-0.1, -0.05) is 0 Å². The van der Waals surface area contributed by atoms with E-state index in [-0.39, 0.29) is 22.8 Å². The quantitative estimate of drug-likeness (QED) is 0.631. The summed E-state index contributed by atoms with van der Waals surface area (Å²) in [6.07, 6.45) is -5.08. The van der Waals surface area contributed by atoms with E-state index in [4.69, 9.17) is 15.2 Å². The minimum absolute atomic E-state index is 0.0164. The number of amides is 2. The van der Waals surface area contributed by atoms with Gasteiger partial charge in [-0.15, -0.1) is 0 Å². The SMILES string of the molecule is COc1cnc(C(=O)Nc2ccc(F)c(C34COC(C(F)(F)F)C3C(=O)N(C)C(N)=N4)c2)cn1. The van der Waals surface area contributed by atoms with Gasteiger partial charge in [0.25, 0.3) is 5.91 Å². The van der Waals surface area contributed by atoms with Gasteiger partial charge >= 0.3 is 6.18 Å². The molecule has 1 saturated heterocycles. The summed E-state index contributed by atoms with van der Waals surface area (Å²) in [5, 5.41) is 2.46. The highest BCUT2D eigenvalue weighted by atomic mass is 19.4. The molecule has 0 radical (unpaired) electrons. The lowest BCUT2D eigenvalue weighted by Gasteiger charge is -2.39. The van der Waals surface area contributed by atoms with Crippen molar-refractivity contribution in [1.82, 2.24) is 14.9 Å². The summed E-state index contributed by atoms with van der Waals surface area (Å²) >= 11 is 0. The fourth-order valence-electron chi connectivity index (χ4n) is 3.95. The number of fused-ring (bicyclic) bond motifs is 1. The Morgan fingerprint density at radius 3 is 2.68 bits per heavy atom. The second kappa shape index (κ2) is 8.20. The monoisotopic (exact) mass is 482 g/mol. The fraction of sp³-hybridized carbons (Fsp3) is 0.350. The van der Waals surface area contributed by atoms with Crippen LogP contribution in [0, 0.1) is 11.7 Å². The molecule has 0 spiro atoms. The van der Waals surface area contributed by atoms with Crippen LogP contribution >= 0.6 is 0 Å². The van der Waals surface area contributed by atoms with E-state index in [9.17, 15) is 27.2 Å². The summed E-state index contributed by atoms with van der Waals surface area (Å²) in [6, 6.07) is 3.22. The maximum Gasteiger partial charge on any atom is 0.415 e. The molecule has 0 bridgehead atoms. The van der Waals surface area contributed by atoms with E-state index in [1.807, 2.05) is 0 Å². The van der Waals surface area contributed by atoms with Crippen molar-refractivity contribution in [1.29, 1.82) is 0 Å². The maximum atomic E-state index is 15.0. The predicted molar refractivity (Wildman–Crippen MR) is 108 cm³/mol. The normalized spacial score (nSPS) is 24.5. The summed E-state index contributed by atoms with van der Waals surface area (Å²) in [7, 11) is 2.54. The van der Waals surface area contributed by atoms with Crippen molar-refractivity contribution < 1.29 is 36.6 Å².